The first-order valence-electron chi connectivity index (χ1n) is 7.83. The maximum absolute atomic E-state index is 6.50. The quantitative estimate of drug-likeness (QED) is 0.886. The number of anilines is 1. The van der Waals surface area contributed by atoms with Gasteiger partial charge in [0.25, 0.3) is 0 Å². The van der Waals surface area contributed by atoms with E-state index in [1.165, 1.54) is 11.3 Å². The molecule has 2 nitrogen and oxygen atoms in total. The predicted molar refractivity (Wildman–Crippen MR) is 88.9 cm³/mol. The van der Waals surface area contributed by atoms with Crippen molar-refractivity contribution in [1.29, 1.82) is 0 Å². The Morgan fingerprint density at radius 1 is 1.30 bits per heavy atom. The molecule has 0 spiro atoms. The van der Waals surface area contributed by atoms with Gasteiger partial charge in [-0.2, -0.15) is 0 Å². The van der Waals surface area contributed by atoms with Gasteiger partial charge in [-0.15, -0.1) is 0 Å². The van der Waals surface area contributed by atoms with Gasteiger partial charge >= 0.3 is 0 Å². The van der Waals surface area contributed by atoms with E-state index in [2.05, 4.69) is 56.1 Å². The molecule has 0 aliphatic carbocycles. The standard InChI is InChI=1S/C17H27ClN2/c1-5-14-11-19-17(6-2,7-3)12-20(14)16-9-8-13(4)10-15(16)18/h8-10,14,19H,5-7,11-12H2,1-4H3. The molecule has 0 saturated carbocycles. The summed E-state index contributed by atoms with van der Waals surface area (Å²) in [7, 11) is 0. The zero-order valence-corrected chi connectivity index (χ0v) is 13.9. The van der Waals surface area contributed by atoms with E-state index < -0.39 is 0 Å². The van der Waals surface area contributed by atoms with Gasteiger partial charge in [-0.25, -0.2) is 0 Å². The molecule has 1 saturated heterocycles. The molecule has 0 bridgehead atoms. The fraction of sp³-hybridized carbons (Fsp3) is 0.647. The van der Waals surface area contributed by atoms with Gasteiger partial charge in [0.05, 0.1) is 10.7 Å². The van der Waals surface area contributed by atoms with Crippen LogP contribution in [-0.4, -0.2) is 24.7 Å². The van der Waals surface area contributed by atoms with Crippen molar-refractivity contribution in [2.75, 3.05) is 18.0 Å². The second-order valence-corrected chi connectivity index (χ2v) is 6.42. The van der Waals surface area contributed by atoms with E-state index in [1.807, 2.05) is 0 Å². The molecule has 0 aromatic heterocycles. The summed E-state index contributed by atoms with van der Waals surface area (Å²) in [5, 5.41) is 4.66. The maximum atomic E-state index is 6.50. The SMILES string of the molecule is CCC1CNC(CC)(CC)CN1c1ccc(C)cc1Cl. The van der Waals surface area contributed by atoms with E-state index in [0.717, 1.165) is 37.4 Å². The van der Waals surface area contributed by atoms with Gasteiger partial charge in [-0.05, 0) is 43.9 Å². The average molecular weight is 295 g/mol. The summed E-state index contributed by atoms with van der Waals surface area (Å²) in [5.74, 6) is 0. The fourth-order valence-corrected chi connectivity index (χ4v) is 3.51. The molecule has 1 unspecified atom stereocenters. The number of hydrogen-bond acceptors (Lipinski definition) is 2. The fourth-order valence-electron chi connectivity index (χ4n) is 3.17. The van der Waals surface area contributed by atoms with E-state index in [-0.39, 0.29) is 5.54 Å². The third kappa shape index (κ3) is 2.96. The van der Waals surface area contributed by atoms with Gasteiger partial charge in [0.15, 0.2) is 0 Å². The number of nitrogens with zero attached hydrogens (tertiary/aromatic N) is 1. The highest BCUT2D eigenvalue weighted by Crippen LogP contribution is 2.33. The lowest BCUT2D eigenvalue weighted by atomic mass is 9.87. The first-order valence-corrected chi connectivity index (χ1v) is 8.21. The molecule has 1 aliphatic rings. The van der Waals surface area contributed by atoms with Crippen LogP contribution in [-0.2, 0) is 0 Å². The Hall–Kier alpha value is -0.730. The van der Waals surface area contributed by atoms with Crippen LogP contribution < -0.4 is 10.2 Å². The van der Waals surface area contributed by atoms with Gasteiger partial charge in [0, 0.05) is 24.7 Å². The van der Waals surface area contributed by atoms with Crippen molar-refractivity contribution >= 4 is 17.3 Å². The molecular formula is C17H27ClN2. The second kappa shape index (κ2) is 6.36. The van der Waals surface area contributed by atoms with Gasteiger partial charge < -0.3 is 10.2 Å². The lowest BCUT2D eigenvalue weighted by Gasteiger charge is -2.48. The molecule has 3 heteroatoms. The van der Waals surface area contributed by atoms with Gasteiger partial charge in [-0.1, -0.05) is 38.4 Å². The predicted octanol–water partition coefficient (Wildman–Crippen LogP) is 4.40. The highest BCUT2D eigenvalue weighted by atomic mass is 35.5. The molecule has 112 valence electrons. The molecule has 1 heterocycles. The maximum Gasteiger partial charge on any atom is 0.0642 e. The number of piperazine rings is 1. The monoisotopic (exact) mass is 294 g/mol. The molecule has 1 atom stereocenters. The molecule has 0 amide bonds. The summed E-state index contributed by atoms with van der Waals surface area (Å²) in [5.41, 5.74) is 2.64. The Labute approximate surface area is 128 Å². The number of rotatable bonds is 4. The number of halogens is 1. The second-order valence-electron chi connectivity index (χ2n) is 6.01. The molecule has 1 N–H and O–H groups in total. The van der Waals surface area contributed by atoms with E-state index in [0.29, 0.717) is 6.04 Å². The van der Waals surface area contributed by atoms with Crippen LogP contribution in [0.3, 0.4) is 0 Å². The normalized spacial score (nSPS) is 22.1. The molecule has 2 rings (SSSR count). The first kappa shape index (κ1) is 15.7. The molecule has 20 heavy (non-hydrogen) atoms. The van der Waals surface area contributed by atoms with Gasteiger partial charge in [0.2, 0.25) is 0 Å². The molecule has 1 aromatic rings. The minimum Gasteiger partial charge on any atom is -0.364 e. The summed E-state index contributed by atoms with van der Waals surface area (Å²) >= 11 is 6.50. The molecule has 1 fully saturated rings. The van der Waals surface area contributed by atoms with E-state index in [4.69, 9.17) is 11.6 Å². The van der Waals surface area contributed by atoms with Crippen LogP contribution in [0.4, 0.5) is 5.69 Å². The lowest BCUT2D eigenvalue weighted by Crippen LogP contribution is -2.64. The van der Waals surface area contributed by atoms with Crippen LogP contribution in [0, 0.1) is 6.92 Å². The Morgan fingerprint density at radius 3 is 2.55 bits per heavy atom. The van der Waals surface area contributed by atoms with Crippen molar-refractivity contribution in [2.24, 2.45) is 0 Å². The first-order chi connectivity index (χ1) is 9.55. The number of benzene rings is 1. The summed E-state index contributed by atoms with van der Waals surface area (Å²) < 4.78 is 0. The van der Waals surface area contributed by atoms with E-state index in [9.17, 15) is 0 Å². The molecule has 0 radical (unpaired) electrons. The van der Waals surface area contributed by atoms with Crippen molar-refractivity contribution in [3.05, 3.63) is 28.8 Å². The topological polar surface area (TPSA) is 15.3 Å². The summed E-state index contributed by atoms with van der Waals surface area (Å²) in [6, 6.07) is 6.95. The highest BCUT2D eigenvalue weighted by molar-refractivity contribution is 6.33. The van der Waals surface area contributed by atoms with Crippen LogP contribution in [0.25, 0.3) is 0 Å². The zero-order chi connectivity index (χ0) is 14.8. The van der Waals surface area contributed by atoms with E-state index >= 15 is 0 Å². The van der Waals surface area contributed by atoms with Crippen LogP contribution in [0.1, 0.15) is 45.6 Å². The smallest absolute Gasteiger partial charge is 0.0642 e. The van der Waals surface area contributed by atoms with Crippen LogP contribution in [0.15, 0.2) is 18.2 Å². The minimum absolute atomic E-state index is 0.222. The van der Waals surface area contributed by atoms with E-state index in [1.54, 1.807) is 0 Å². The molecule has 1 aliphatic heterocycles. The van der Waals surface area contributed by atoms with Crippen molar-refractivity contribution in [3.8, 4) is 0 Å². The highest BCUT2D eigenvalue weighted by Gasteiger charge is 2.36. The van der Waals surface area contributed by atoms with Crippen molar-refractivity contribution < 1.29 is 0 Å². The largest absolute Gasteiger partial charge is 0.364 e. The van der Waals surface area contributed by atoms with Crippen molar-refractivity contribution in [1.82, 2.24) is 5.32 Å². The summed E-state index contributed by atoms with van der Waals surface area (Å²) in [6.07, 6.45) is 3.44. The Bertz CT molecular complexity index is 454. The number of aryl methyl sites for hydroxylation is 1. The number of nitrogens with one attached hydrogen (secondary N) is 1. The summed E-state index contributed by atoms with van der Waals surface area (Å²) in [6.45, 7) is 11.0. The third-order valence-corrected chi connectivity index (χ3v) is 5.17. The number of hydrogen-bond donors (Lipinski definition) is 1. The van der Waals surface area contributed by atoms with Crippen molar-refractivity contribution in [3.63, 3.8) is 0 Å². The van der Waals surface area contributed by atoms with Crippen LogP contribution >= 0.6 is 11.6 Å². The Kier molecular flexibility index (Phi) is 4.98. The van der Waals surface area contributed by atoms with Crippen LogP contribution in [0.2, 0.25) is 5.02 Å². The van der Waals surface area contributed by atoms with Crippen LogP contribution in [0.5, 0.6) is 0 Å². The van der Waals surface area contributed by atoms with Gasteiger partial charge in [0.1, 0.15) is 0 Å². The third-order valence-electron chi connectivity index (χ3n) is 4.86. The Morgan fingerprint density at radius 2 is 2.00 bits per heavy atom. The summed E-state index contributed by atoms with van der Waals surface area (Å²) in [4.78, 5) is 2.52. The Balaban J connectivity index is 2.33. The van der Waals surface area contributed by atoms with Crippen molar-refractivity contribution in [2.45, 2.75) is 58.5 Å². The lowest BCUT2D eigenvalue weighted by molar-refractivity contribution is 0.246. The minimum atomic E-state index is 0.222. The molecular weight excluding hydrogens is 268 g/mol. The molecule has 1 aromatic carbocycles. The average Bonchev–Trinajstić information content (AvgIpc) is 2.46. The zero-order valence-electron chi connectivity index (χ0n) is 13.2. The van der Waals surface area contributed by atoms with Gasteiger partial charge in [-0.3, -0.25) is 0 Å².